The maximum absolute atomic E-state index is 12.5. The van der Waals surface area contributed by atoms with E-state index < -0.39 is 11.4 Å². The molecule has 1 aliphatic carbocycles. The van der Waals surface area contributed by atoms with Crippen molar-refractivity contribution in [2.24, 2.45) is 5.73 Å². The molecule has 134 valence electrons. The third-order valence-corrected chi connectivity index (χ3v) is 5.02. The first kappa shape index (κ1) is 18.7. The summed E-state index contributed by atoms with van der Waals surface area (Å²) in [4.78, 5) is 24.4. The number of hydrogen-bond acceptors (Lipinski definition) is 4. The summed E-state index contributed by atoms with van der Waals surface area (Å²) in [5, 5.41) is 10.6. The van der Waals surface area contributed by atoms with E-state index in [4.69, 9.17) is 5.73 Å². The second-order valence-corrected chi connectivity index (χ2v) is 6.64. The first-order chi connectivity index (χ1) is 11.1. The molecule has 0 radical (unpaired) electrons. The number of nitrogens with zero attached hydrogens (tertiary/aromatic N) is 2. The molecule has 1 unspecified atom stereocenters. The number of amides is 2. The molecule has 1 aromatic heterocycles. The van der Waals surface area contributed by atoms with Crippen LogP contribution in [-0.4, -0.2) is 40.2 Å². The number of nitrogens with two attached hydrogens (primary N) is 1. The van der Waals surface area contributed by atoms with Crippen molar-refractivity contribution >= 4 is 24.2 Å². The van der Waals surface area contributed by atoms with Gasteiger partial charge < -0.3 is 16.4 Å². The quantitative estimate of drug-likeness (QED) is 0.753. The van der Waals surface area contributed by atoms with Crippen molar-refractivity contribution in [3.63, 3.8) is 0 Å². The van der Waals surface area contributed by atoms with Gasteiger partial charge in [-0.2, -0.15) is 5.10 Å². The van der Waals surface area contributed by atoms with Crippen LogP contribution < -0.4 is 16.4 Å². The van der Waals surface area contributed by atoms with Crippen molar-refractivity contribution in [2.45, 2.75) is 56.5 Å². The van der Waals surface area contributed by atoms with E-state index in [1.807, 2.05) is 10.9 Å². The van der Waals surface area contributed by atoms with Gasteiger partial charge in [0, 0.05) is 12.7 Å². The topological polar surface area (TPSA) is 102 Å². The summed E-state index contributed by atoms with van der Waals surface area (Å²) in [5.74, 6) is -0.755. The highest BCUT2D eigenvalue weighted by Gasteiger charge is 2.39. The van der Waals surface area contributed by atoms with E-state index in [0.29, 0.717) is 18.5 Å². The van der Waals surface area contributed by atoms with E-state index in [0.717, 1.165) is 45.2 Å². The van der Waals surface area contributed by atoms with Gasteiger partial charge >= 0.3 is 0 Å². The lowest BCUT2D eigenvalue weighted by Gasteiger charge is -2.34. The van der Waals surface area contributed by atoms with E-state index in [2.05, 4.69) is 15.7 Å². The zero-order valence-electron chi connectivity index (χ0n) is 13.8. The first-order valence-electron chi connectivity index (χ1n) is 8.49. The molecule has 1 saturated heterocycles. The molecule has 0 spiro atoms. The maximum Gasteiger partial charge on any atom is 0.272 e. The smallest absolute Gasteiger partial charge is 0.272 e. The van der Waals surface area contributed by atoms with Crippen LogP contribution >= 0.6 is 12.4 Å². The molecule has 3 rings (SSSR count). The van der Waals surface area contributed by atoms with Gasteiger partial charge in [0.15, 0.2) is 0 Å². The van der Waals surface area contributed by atoms with Crippen molar-refractivity contribution < 1.29 is 9.59 Å². The summed E-state index contributed by atoms with van der Waals surface area (Å²) in [6, 6.07) is 1.99. The molecule has 8 heteroatoms. The maximum atomic E-state index is 12.5. The second kappa shape index (κ2) is 7.98. The van der Waals surface area contributed by atoms with Crippen LogP contribution in [-0.2, 0) is 4.79 Å². The molecule has 7 nitrogen and oxygen atoms in total. The number of hydrogen-bond donors (Lipinski definition) is 3. The molecule has 1 atom stereocenters. The Labute approximate surface area is 148 Å². The van der Waals surface area contributed by atoms with Crippen molar-refractivity contribution in [1.29, 1.82) is 0 Å². The minimum atomic E-state index is -0.911. The van der Waals surface area contributed by atoms with Crippen LogP contribution in [0.15, 0.2) is 12.3 Å². The molecule has 2 amide bonds. The molecule has 1 aromatic rings. The summed E-state index contributed by atoms with van der Waals surface area (Å²) < 4.78 is 1.85. The Morgan fingerprint density at radius 2 is 2.04 bits per heavy atom. The highest BCUT2D eigenvalue weighted by atomic mass is 35.5. The number of carbonyl (C=O) groups excluding carboxylic acids is 2. The van der Waals surface area contributed by atoms with E-state index in [-0.39, 0.29) is 24.4 Å². The molecular weight excluding hydrogens is 330 g/mol. The number of rotatable bonds is 4. The molecule has 1 saturated carbocycles. The van der Waals surface area contributed by atoms with Crippen LogP contribution in [0.1, 0.15) is 61.5 Å². The Hall–Kier alpha value is -1.60. The van der Waals surface area contributed by atoms with Crippen molar-refractivity contribution in [3.8, 4) is 0 Å². The molecular formula is C16H26ClN5O2. The van der Waals surface area contributed by atoms with Gasteiger partial charge in [-0.15, -0.1) is 12.4 Å². The van der Waals surface area contributed by atoms with Gasteiger partial charge in [-0.3, -0.25) is 14.3 Å². The highest BCUT2D eigenvalue weighted by Crippen LogP contribution is 2.28. The van der Waals surface area contributed by atoms with Gasteiger partial charge in [0.2, 0.25) is 5.91 Å². The fourth-order valence-corrected chi connectivity index (χ4v) is 3.59. The third-order valence-electron chi connectivity index (χ3n) is 5.02. The van der Waals surface area contributed by atoms with Gasteiger partial charge in [-0.25, -0.2) is 0 Å². The molecule has 2 aliphatic rings. The van der Waals surface area contributed by atoms with Gasteiger partial charge in [0.25, 0.3) is 5.91 Å². The third kappa shape index (κ3) is 3.89. The number of halogens is 1. The number of carbonyl (C=O) groups is 2. The second-order valence-electron chi connectivity index (χ2n) is 6.64. The van der Waals surface area contributed by atoms with Gasteiger partial charge in [-0.1, -0.05) is 19.3 Å². The Balaban J connectivity index is 0.00000208. The van der Waals surface area contributed by atoms with Crippen LogP contribution in [0.4, 0.5) is 0 Å². The highest BCUT2D eigenvalue weighted by molar-refractivity contribution is 5.97. The van der Waals surface area contributed by atoms with E-state index in [9.17, 15) is 9.59 Å². The Morgan fingerprint density at radius 3 is 2.67 bits per heavy atom. The zero-order chi connectivity index (χ0) is 16.3. The minimum absolute atomic E-state index is 0. The molecule has 0 bridgehead atoms. The van der Waals surface area contributed by atoms with Crippen molar-refractivity contribution in [1.82, 2.24) is 20.4 Å². The standard InChI is InChI=1S/C16H25N5O2.ClH/c17-15(23)16(7-2-1-3-8-16)19-14(22)13-6-10-21(20-13)12-5-4-9-18-11-12;/h6,10,12,18H,1-5,7-9,11H2,(H2,17,23)(H,19,22);1H. The Kier molecular flexibility index (Phi) is 6.23. The first-order valence-corrected chi connectivity index (χ1v) is 8.49. The summed E-state index contributed by atoms with van der Waals surface area (Å²) in [7, 11) is 0. The molecule has 2 heterocycles. The predicted octanol–water partition coefficient (Wildman–Crippen LogP) is 1.15. The van der Waals surface area contributed by atoms with Gasteiger partial charge in [0.05, 0.1) is 6.04 Å². The summed E-state index contributed by atoms with van der Waals surface area (Å²) in [6.07, 6.45) is 8.12. The molecule has 2 fully saturated rings. The average Bonchev–Trinajstić information content (AvgIpc) is 3.06. The van der Waals surface area contributed by atoms with E-state index in [1.165, 1.54) is 0 Å². The Morgan fingerprint density at radius 1 is 1.29 bits per heavy atom. The van der Waals surface area contributed by atoms with Gasteiger partial charge in [-0.05, 0) is 38.3 Å². The lowest BCUT2D eigenvalue weighted by molar-refractivity contribution is -0.125. The zero-order valence-corrected chi connectivity index (χ0v) is 14.6. The summed E-state index contributed by atoms with van der Waals surface area (Å²) in [5.41, 5.74) is 5.00. The fraction of sp³-hybridized carbons (Fsp3) is 0.688. The lowest BCUT2D eigenvalue weighted by atomic mass is 9.81. The fourth-order valence-electron chi connectivity index (χ4n) is 3.59. The Bertz CT molecular complexity index is 577. The molecule has 1 aliphatic heterocycles. The number of aromatic nitrogens is 2. The minimum Gasteiger partial charge on any atom is -0.368 e. The van der Waals surface area contributed by atoms with E-state index in [1.54, 1.807) is 6.07 Å². The van der Waals surface area contributed by atoms with Crippen LogP contribution in [0, 0.1) is 0 Å². The molecule has 24 heavy (non-hydrogen) atoms. The summed E-state index contributed by atoms with van der Waals surface area (Å²) in [6.45, 7) is 1.90. The van der Waals surface area contributed by atoms with Crippen molar-refractivity contribution in [2.75, 3.05) is 13.1 Å². The predicted molar refractivity (Wildman–Crippen MR) is 93.1 cm³/mol. The molecule has 4 N–H and O–H groups in total. The van der Waals surface area contributed by atoms with Crippen LogP contribution in [0.3, 0.4) is 0 Å². The number of piperidine rings is 1. The monoisotopic (exact) mass is 355 g/mol. The van der Waals surface area contributed by atoms with Crippen LogP contribution in [0.25, 0.3) is 0 Å². The van der Waals surface area contributed by atoms with E-state index >= 15 is 0 Å². The normalized spacial score (nSPS) is 23.1. The van der Waals surface area contributed by atoms with Crippen molar-refractivity contribution in [3.05, 3.63) is 18.0 Å². The SMILES string of the molecule is Cl.NC(=O)C1(NC(=O)c2ccn(C3CCCNC3)n2)CCCCC1. The van der Waals surface area contributed by atoms with Crippen LogP contribution in [0.5, 0.6) is 0 Å². The van der Waals surface area contributed by atoms with Crippen LogP contribution in [0.2, 0.25) is 0 Å². The molecule has 0 aromatic carbocycles. The number of primary amides is 1. The number of nitrogens with one attached hydrogen (secondary N) is 2. The summed E-state index contributed by atoms with van der Waals surface area (Å²) >= 11 is 0. The lowest BCUT2D eigenvalue weighted by Crippen LogP contribution is -2.58. The largest absolute Gasteiger partial charge is 0.368 e. The van der Waals surface area contributed by atoms with Gasteiger partial charge in [0.1, 0.15) is 11.2 Å². The average molecular weight is 356 g/mol.